The van der Waals surface area contributed by atoms with Gasteiger partial charge in [0.15, 0.2) is 0 Å². The Balaban J connectivity index is 1.95. The van der Waals surface area contributed by atoms with E-state index in [1.807, 2.05) is 6.07 Å². The summed E-state index contributed by atoms with van der Waals surface area (Å²) in [5.41, 5.74) is -0.188. The molecule has 1 aromatic rings. The van der Waals surface area contributed by atoms with E-state index >= 15 is 0 Å². The summed E-state index contributed by atoms with van der Waals surface area (Å²) < 4.78 is 5.49. The first kappa shape index (κ1) is 15.7. The Hall–Kier alpha value is -3.14. The zero-order chi connectivity index (χ0) is 17.5. The van der Waals surface area contributed by atoms with E-state index in [-0.39, 0.29) is 23.8 Å². The third kappa shape index (κ3) is 2.33. The standard InChI is InChI=1S/C17H16N4O3/c1-10-11(2)24-15(12(10)9-18)20-16(23)17(3)8-14(22)19-13-6-4-5-7-21(13)17/h4-7H,8H2,1-3H3,(H,20,23). The van der Waals surface area contributed by atoms with E-state index in [0.717, 1.165) is 0 Å². The molecule has 0 aromatic carbocycles. The Kier molecular flexibility index (Phi) is 3.60. The number of rotatable bonds is 2. The van der Waals surface area contributed by atoms with Crippen LogP contribution in [0, 0.1) is 25.2 Å². The van der Waals surface area contributed by atoms with Gasteiger partial charge in [-0.1, -0.05) is 6.08 Å². The Morgan fingerprint density at radius 3 is 2.92 bits per heavy atom. The number of aryl methyl sites for hydroxylation is 1. The lowest BCUT2D eigenvalue weighted by molar-refractivity contribution is -0.130. The molecule has 1 N–H and O–H groups in total. The van der Waals surface area contributed by atoms with Gasteiger partial charge in [0.05, 0.1) is 6.42 Å². The average Bonchev–Trinajstić information content (AvgIpc) is 2.80. The molecule has 0 saturated heterocycles. The molecule has 0 bridgehead atoms. The fraction of sp³-hybridized carbons (Fsp3) is 0.294. The van der Waals surface area contributed by atoms with Crippen LogP contribution >= 0.6 is 0 Å². The van der Waals surface area contributed by atoms with Gasteiger partial charge in [0, 0.05) is 11.8 Å². The van der Waals surface area contributed by atoms with Gasteiger partial charge in [-0.05, 0) is 32.9 Å². The van der Waals surface area contributed by atoms with E-state index in [1.54, 1.807) is 50.1 Å². The number of nitrogens with zero attached hydrogens (tertiary/aromatic N) is 3. The Bertz CT molecular complexity index is 869. The molecule has 3 heterocycles. The average molecular weight is 324 g/mol. The minimum absolute atomic E-state index is 0.0684. The number of carbonyl (C=O) groups excluding carboxylic acids is 2. The van der Waals surface area contributed by atoms with Crippen molar-refractivity contribution in [3.05, 3.63) is 41.3 Å². The molecule has 2 aliphatic heterocycles. The Morgan fingerprint density at radius 1 is 1.46 bits per heavy atom. The van der Waals surface area contributed by atoms with Crippen LogP contribution in [0.5, 0.6) is 0 Å². The molecular weight excluding hydrogens is 308 g/mol. The number of furan rings is 1. The lowest BCUT2D eigenvalue weighted by Gasteiger charge is -2.41. The second kappa shape index (κ2) is 5.49. The molecule has 1 atom stereocenters. The van der Waals surface area contributed by atoms with Crippen LogP contribution in [0.4, 0.5) is 5.88 Å². The fourth-order valence-corrected chi connectivity index (χ4v) is 2.77. The van der Waals surface area contributed by atoms with E-state index in [2.05, 4.69) is 10.3 Å². The first-order valence-electron chi connectivity index (χ1n) is 7.44. The van der Waals surface area contributed by atoms with Crippen LogP contribution in [-0.2, 0) is 9.59 Å². The van der Waals surface area contributed by atoms with E-state index < -0.39 is 11.4 Å². The lowest BCUT2D eigenvalue weighted by Crippen LogP contribution is -2.58. The highest BCUT2D eigenvalue weighted by Gasteiger charge is 2.45. The monoisotopic (exact) mass is 324 g/mol. The normalized spacial score (nSPS) is 22.0. The van der Waals surface area contributed by atoms with Crippen molar-refractivity contribution in [1.82, 2.24) is 4.90 Å². The number of hydrogen-bond acceptors (Lipinski definition) is 5. The van der Waals surface area contributed by atoms with Crippen molar-refractivity contribution >= 4 is 23.5 Å². The third-order valence-electron chi connectivity index (χ3n) is 4.32. The van der Waals surface area contributed by atoms with Crippen molar-refractivity contribution in [3.63, 3.8) is 0 Å². The number of amidine groups is 1. The molecule has 24 heavy (non-hydrogen) atoms. The van der Waals surface area contributed by atoms with E-state index in [0.29, 0.717) is 17.2 Å². The molecule has 0 aliphatic carbocycles. The van der Waals surface area contributed by atoms with Gasteiger partial charge in [0.25, 0.3) is 11.8 Å². The maximum absolute atomic E-state index is 12.9. The Labute approximate surface area is 138 Å². The van der Waals surface area contributed by atoms with Crippen LogP contribution in [0.1, 0.15) is 30.2 Å². The summed E-state index contributed by atoms with van der Waals surface area (Å²) in [4.78, 5) is 30.4. The van der Waals surface area contributed by atoms with Gasteiger partial charge in [-0.15, -0.1) is 0 Å². The highest BCUT2D eigenvalue weighted by atomic mass is 16.4. The maximum atomic E-state index is 12.9. The minimum Gasteiger partial charge on any atom is -0.444 e. The minimum atomic E-state index is -1.16. The summed E-state index contributed by atoms with van der Waals surface area (Å²) >= 11 is 0. The van der Waals surface area contributed by atoms with Gasteiger partial charge in [0.2, 0.25) is 5.88 Å². The third-order valence-corrected chi connectivity index (χ3v) is 4.32. The first-order chi connectivity index (χ1) is 11.4. The zero-order valence-electron chi connectivity index (χ0n) is 13.6. The topological polar surface area (TPSA) is 98.7 Å². The molecule has 0 saturated carbocycles. The predicted molar refractivity (Wildman–Crippen MR) is 87.1 cm³/mol. The molecule has 0 spiro atoms. The van der Waals surface area contributed by atoms with Gasteiger partial charge in [0.1, 0.15) is 28.8 Å². The molecule has 2 aliphatic rings. The van der Waals surface area contributed by atoms with Crippen LogP contribution < -0.4 is 5.32 Å². The van der Waals surface area contributed by atoms with Crippen molar-refractivity contribution in [2.45, 2.75) is 32.7 Å². The number of amides is 2. The molecule has 0 radical (unpaired) electrons. The van der Waals surface area contributed by atoms with E-state index in [9.17, 15) is 14.9 Å². The number of fused-ring (bicyclic) bond motifs is 1. The molecule has 0 fully saturated rings. The van der Waals surface area contributed by atoms with E-state index in [4.69, 9.17) is 4.42 Å². The lowest BCUT2D eigenvalue weighted by atomic mass is 9.91. The number of hydrogen-bond donors (Lipinski definition) is 1. The number of nitrogens with one attached hydrogen (secondary N) is 1. The molecule has 1 unspecified atom stereocenters. The van der Waals surface area contributed by atoms with Gasteiger partial charge in [-0.3, -0.25) is 14.9 Å². The smallest absolute Gasteiger partial charge is 0.253 e. The van der Waals surface area contributed by atoms with Crippen molar-refractivity contribution < 1.29 is 14.0 Å². The molecule has 7 heteroatoms. The van der Waals surface area contributed by atoms with Crippen molar-refractivity contribution in [3.8, 4) is 6.07 Å². The fourth-order valence-electron chi connectivity index (χ4n) is 2.77. The van der Waals surface area contributed by atoms with Crippen LogP contribution in [-0.4, -0.2) is 28.1 Å². The number of anilines is 1. The molecule has 1 aromatic heterocycles. The molecule has 2 amide bonds. The highest BCUT2D eigenvalue weighted by Crippen LogP contribution is 2.31. The summed E-state index contributed by atoms with van der Waals surface area (Å²) in [7, 11) is 0. The quantitative estimate of drug-likeness (QED) is 0.899. The predicted octanol–water partition coefficient (Wildman–Crippen LogP) is 2.18. The second-order valence-corrected chi connectivity index (χ2v) is 5.94. The Morgan fingerprint density at radius 2 is 2.21 bits per heavy atom. The van der Waals surface area contributed by atoms with Gasteiger partial charge >= 0.3 is 0 Å². The van der Waals surface area contributed by atoms with Crippen LogP contribution in [0.2, 0.25) is 0 Å². The first-order valence-corrected chi connectivity index (χ1v) is 7.44. The summed E-state index contributed by atoms with van der Waals surface area (Å²) in [6, 6.07) is 2.03. The number of aliphatic imine (C=N–C) groups is 1. The van der Waals surface area contributed by atoms with Crippen molar-refractivity contribution in [1.29, 1.82) is 5.26 Å². The molecular formula is C17H16N4O3. The largest absolute Gasteiger partial charge is 0.444 e. The van der Waals surface area contributed by atoms with Crippen LogP contribution in [0.15, 0.2) is 33.8 Å². The molecule has 122 valence electrons. The summed E-state index contributed by atoms with van der Waals surface area (Å²) in [6.45, 7) is 5.13. The van der Waals surface area contributed by atoms with Crippen molar-refractivity contribution in [2.75, 3.05) is 5.32 Å². The number of carbonyl (C=O) groups is 2. The SMILES string of the molecule is Cc1oc(NC(=O)C2(C)CC(=O)N=C3C=CC=CN32)c(C#N)c1C. The van der Waals surface area contributed by atoms with Gasteiger partial charge in [-0.2, -0.15) is 10.3 Å². The maximum Gasteiger partial charge on any atom is 0.253 e. The van der Waals surface area contributed by atoms with Gasteiger partial charge < -0.3 is 9.32 Å². The zero-order valence-corrected chi connectivity index (χ0v) is 13.6. The van der Waals surface area contributed by atoms with Crippen molar-refractivity contribution in [2.24, 2.45) is 4.99 Å². The van der Waals surface area contributed by atoms with Gasteiger partial charge in [-0.25, -0.2) is 0 Å². The number of nitriles is 1. The van der Waals surface area contributed by atoms with Crippen LogP contribution in [0.3, 0.4) is 0 Å². The highest BCUT2D eigenvalue weighted by molar-refractivity contribution is 6.11. The second-order valence-electron chi connectivity index (χ2n) is 5.94. The number of allylic oxidation sites excluding steroid dienone is 2. The molecule has 7 nitrogen and oxygen atoms in total. The van der Waals surface area contributed by atoms with Crippen LogP contribution in [0.25, 0.3) is 0 Å². The summed E-state index contributed by atoms with van der Waals surface area (Å²) in [6.07, 6.45) is 6.82. The molecule has 3 rings (SSSR count). The summed E-state index contributed by atoms with van der Waals surface area (Å²) in [5, 5.41) is 11.9. The van der Waals surface area contributed by atoms with E-state index in [1.165, 1.54) is 0 Å². The summed E-state index contributed by atoms with van der Waals surface area (Å²) in [5.74, 6) is 0.278.